The first-order valence-electron chi connectivity index (χ1n) is 5.76. The summed E-state index contributed by atoms with van der Waals surface area (Å²) in [7, 11) is 0. The van der Waals surface area contributed by atoms with Gasteiger partial charge in [-0.3, -0.25) is 0 Å². The minimum absolute atomic E-state index is 0.500. The van der Waals surface area contributed by atoms with Crippen molar-refractivity contribution < 1.29 is 0 Å². The molecular weight excluding hydrogens is 298 g/mol. The molecule has 0 radical (unpaired) electrons. The molecule has 2 heterocycles. The first-order chi connectivity index (χ1) is 8.25. The number of thioether (sulfide) groups is 1. The topological polar surface area (TPSA) is 43.8 Å². The molecule has 5 heteroatoms. The number of anilines is 1. The highest BCUT2D eigenvalue weighted by Crippen LogP contribution is 2.32. The number of nitrogens with two attached hydrogens (primary N) is 1. The lowest BCUT2D eigenvalue weighted by Crippen LogP contribution is -2.17. The Hall–Kier alpha value is -0.680. The van der Waals surface area contributed by atoms with E-state index in [1.807, 2.05) is 17.8 Å². The molecule has 2 N–H and O–H groups in total. The minimum atomic E-state index is 0.500. The third-order valence-electron chi connectivity index (χ3n) is 3.18. The zero-order chi connectivity index (χ0) is 11.8. The van der Waals surface area contributed by atoms with E-state index in [1.165, 1.54) is 18.6 Å². The van der Waals surface area contributed by atoms with Gasteiger partial charge in [0.2, 0.25) is 5.95 Å². The number of rotatable bonds is 1. The normalized spacial score (nSPS) is 20.9. The van der Waals surface area contributed by atoms with Gasteiger partial charge in [-0.1, -0.05) is 15.9 Å². The second-order valence-electron chi connectivity index (χ2n) is 4.34. The van der Waals surface area contributed by atoms with Crippen LogP contribution >= 0.6 is 27.7 Å². The molecule has 0 saturated carbocycles. The Morgan fingerprint density at radius 3 is 3.12 bits per heavy atom. The summed E-state index contributed by atoms with van der Waals surface area (Å²) in [4.78, 5) is 4.45. The van der Waals surface area contributed by atoms with E-state index in [0.717, 1.165) is 21.3 Å². The third-order valence-corrected chi connectivity index (χ3v) is 4.87. The molecule has 1 fully saturated rings. The molecule has 90 valence electrons. The predicted octanol–water partition coefficient (Wildman–Crippen LogP) is 3.45. The van der Waals surface area contributed by atoms with Crippen LogP contribution in [0.3, 0.4) is 0 Å². The van der Waals surface area contributed by atoms with Crippen LogP contribution in [0.1, 0.15) is 18.9 Å². The van der Waals surface area contributed by atoms with Crippen molar-refractivity contribution in [3.63, 3.8) is 0 Å². The van der Waals surface area contributed by atoms with Crippen molar-refractivity contribution in [1.82, 2.24) is 9.55 Å². The van der Waals surface area contributed by atoms with Gasteiger partial charge < -0.3 is 10.3 Å². The Morgan fingerprint density at radius 1 is 1.47 bits per heavy atom. The summed E-state index contributed by atoms with van der Waals surface area (Å²) in [6, 6.07) is 6.68. The van der Waals surface area contributed by atoms with Crippen LogP contribution in [-0.4, -0.2) is 21.1 Å². The van der Waals surface area contributed by atoms with Crippen LogP contribution in [-0.2, 0) is 0 Å². The lowest BCUT2D eigenvalue weighted by molar-refractivity contribution is 0.517. The largest absolute Gasteiger partial charge is 0.369 e. The van der Waals surface area contributed by atoms with Crippen LogP contribution in [0.5, 0.6) is 0 Å². The lowest BCUT2D eigenvalue weighted by atomic mass is 10.2. The molecule has 1 aliphatic heterocycles. The standard InChI is InChI=1S/C12H14BrN3S/c13-8-3-4-11-10(6-8)15-12(14)16(11)9-2-1-5-17-7-9/h3-4,6,9H,1-2,5,7H2,(H2,14,15). The van der Waals surface area contributed by atoms with E-state index in [9.17, 15) is 0 Å². The molecule has 1 aromatic carbocycles. The van der Waals surface area contributed by atoms with E-state index >= 15 is 0 Å². The van der Waals surface area contributed by atoms with E-state index in [4.69, 9.17) is 5.73 Å². The van der Waals surface area contributed by atoms with Gasteiger partial charge in [0.05, 0.1) is 11.0 Å². The van der Waals surface area contributed by atoms with E-state index < -0.39 is 0 Å². The molecule has 1 aliphatic rings. The van der Waals surface area contributed by atoms with Crippen LogP contribution in [0, 0.1) is 0 Å². The summed E-state index contributed by atoms with van der Waals surface area (Å²) in [5.41, 5.74) is 8.19. The number of nitrogen functional groups attached to an aromatic ring is 1. The van der Waals surface area contributed by atoms with E-state index in [0.29, 0.717) is 12.0 Å². The summed E-state index contributed by atoms with van der Waals surface area (Å²) < 4.78 is 3.25. The average Bonchev–Trinajstić information content (AvgIpc) is 2.65. The van der Waals surface area contributed by atoms with E-state index in [-0.39, 0.29) is 0 Å². The van der Waals surface area contributed by atoms with Crippen LogP contribution in [0.4, 0.5) is 5.95 Å². The maximum Gasteiger partial charge on any atom is 0.201 e. The van der Waals surface area contributed by atoms with Gasteiger partial charge in [-0.2, -0.15) is 11.8 Å². The highest BCUT2D eigenvalue weighted by atomic mass is 79.9. The number of aromatic nitrogens is 2. The summed E-state index contributed by atoms with van der Waals surface area (Å²) in [5, 5.41) is 0. The van der Waals surface area contributed by atoms with E-state index in [1.54, 1.807) is 0 Å². The monoisotopic (exact) mass is 311 g/mol. The Balaban J connectivity index is 2.11. The maximum absolute atomic E-state index is 6.06. The van der Waals surface area contributed by atoms with E-state index in [2.05, 4.69) is 37.6 Å². The molecule has 1 atom stereocenters. The SMILES string of the molecule is Nc1nc2cc(Br)ccc2n1C1CCCSC1. The highest BCUT2D eigenvalue weighted by Gasteiger charge is 2.20. The van der Waals surface area contributed by atoms with Crippen molar-refractivity contribution >= 4 is 44.7 Å². The van der Waals surface area contributed by atoms with Gasteiger partial charge in [-0.05, 0) is 36.8 Å². The van der Waals surface area contributed by atoms with Crippen molar-refractivity contribution in [3.8, 4) is 0 Å². The Morgan fingerprint density at radius 2 is 2.35 bits per heavy atom. The molecule has 0 bridgehead atoms. The fourth-order valence-corrected chi connectivity index (χ4v) is 3.88. The van der Waals surface area contributed by atoms with Crippen LogP contribution in [0.25, 0.3) is 11.0 Å². The summed E-state index contributed by atoms with van der Waals surface area (Å²) in [6.45, 7) is 0. The molecule has 1 saturated heterocycles. The number of imidazole rings is 1. The predicted molar refractivity (Wildman–Crippen MR) is 77.4 cm³/mol. The summed E-state index contributed by atoms with van der Waals surface area (Å²) in [5.74, 6) is 3.06. The number of nitrogens with zero attached hydrogens (tertiary/aromatic N) is 2. The molecule has 1 unspecified atom stereocenters. The second-order valence-corrected chi connectivity index (χ2v) is 6.41. The zero-order valence-corrected chi connectivity index (χ0v) is 11.8. The van der Waals surface area contributed by atoms with Crippen molar-refractivity contribution in [3.05, 3.63) is 22.7 Å². The number of hydrogen-bond acceptors (Lipinski definition) is 3. The average molecular weight is 312 g/mol. The van der Waals surface area contributed by atoms with Crippen molar-refractivity contribution in [2.24, 2.45) is 0 Å². The molecule has 2 aromatic rings. The van der Waals surface area contributed by atoms with Crippen molar-refractivity contribution in [2.75, 3.05) is 17.2 Å². The fraction of sp³-hybridized carbons (Fsp3) is 0.417. The fourth-order valence-electron chi connectivity index (χ4n) is 2.40. The lowest BCUT2D eigenvalue weighted by Gasteiger charge is -2.24. The summed E-state index contributed by atoms with van der Waals surface area (Å²) in [6.07, 6.45) is 2.48. The van der Waals surface area contributed by atoms with Gasteiger partial charge in [-0.25, -0.2) is 4.98 Å². The molecular formula is C12H14BrN3S. The zero-order valence-electron chi connectivity index (χ0n) is 9.40. The highest BCUT2D eigenvalue weighted by molar-refractivity contribution is 9.10. The third kappa shape index (κ3) is 2.06. The molecule has 0 aliphatic carbocycles. The van der Waals surface area contributed by atoms with Gasteiger partial charge in [0.15, 0.2) is 0 Å². The van der Waals surface area contributed by atoms with Crippen LogP contribution in [0.15, 0.2) is 22.7 Å². The van der Waals surface area contributed by atoms with Crippen molar-refractivity contribution in [2.45, 2.75) is 18.9 Å². The number of benzene rings is 1. The van der Waals surface area contributed by atoms with Crippen LogP contribution in [0.2, 0.25) is 0 Å². The molecule has 3 nitrogen and oxygen atoms in total. The first kappa shape index (κ1) is 11.4. The molecule has 0 spiro atoms. The molecule has 0 amide bonds. The molecule has 3 rings (SSSR count). The second kappa shape index (κ2) is 4.53. The van der Waals surface area contributed by atoms with Gasteiger partial charge in [0.1, 0.15) is 0 Å². The van der Waals surface area contributed by atoms with Gasteiger partial charge >= 0.3 is 0 Å². The Bertz CT molecular complexity index is 546. The number of hydrogen-bond donors (Lipinski definition) is 1. The van der Waals surface area contributed by atoms with Crippen LogP contribution < -0.4 is 5.73 Å². The Labute approximate surface area is 113 Å². The van der Waals surface area contributed by atoms with Gasteiger partial charge in [0, 0.05) is 16.3 Å². The van der Waals surface area contributed by atoms with Crippen molar-refractivity contribution in [1.29, 1.82) is 0 Å². The smallest absolute Gasteiger partial charge is 0.201 e. The quantitative estimate of drug-likeness (QED) is 0.877. The number of fused-ring (bicyclic) bond motifs is 1. The maximum atomic E-state index is 6.06. The minimum Gasteiger partial charge on any atom is -0.369 e. The molecule has 17 heavy (non-hydrogen) atoms. The number of halogens is 1. The first-order valence-corrected chi connectivity index (χ1v) is 7.71. The summed E-state index contributed by atoms with van der Waals surface area (Å²) >= 11 is 5.48. The van der Waals surface area contributed by atoms with Gasteiger partial charge in [-0.15, -0.1) is 0 Å². The molecule has 1 aromatic heterocycles. The van der Waals surface area contributed by atoms with Gasteiger partial charge in [0.25, 0.3) is 0 Å². The Kier molecular flexibility index (Phi) is 3.04.